The van der Waals surface area contributed by atoms with Gasteiger partial charge in [0.25, 0.3) is 0 Å². The molecule has 2 aromatic carbocycles. The molecule has 0 spiro atoms. The van der Waals surface area contributed by atoms with E-state index in [1.807, 2.05) is 30.3 Å². The molecule has 0 radical (unpaired) electrons. The molecule has 2 amide bonds. The Balaban J connectivity index is 1.46. The predicted octanol–water partition coefficient (Wildman–Crippen LogP) is 4.31. The second-order valence-electron chi connectivity index (χ2n) is 12.3. The van der Waals surface area contributed by atoms with Gasteiger partial charge < -0.3 is 24.0 Å². The van der Waals surface area contributed by atoms with Gasteiger partial charge in [-0.05, 0) is 53.5 Å². The number of morpholine rings is 1. The van der Waals surface area contributed by atoms with E-state index in [1.165, 1.54) is 7.11 Å². The van der Waals surface area contributed by atoms with Gasteiger partial charge >= 0.3 is 5.97 Å². The highest BCUT2D eigenvalue weighted by Gasteiger charge is 2.64. The largest absolute Gasteiger partial charge is 0.468 e. The average molecular weight is 561 g/mol. The van der Waals surface area contributed by atoms with Crippen LogP contribution in [0.5, 0.6) is 0 Å². The molecule has 3 heterocycles. The Morgan fingerprint density at radius 2 is 1.80 bits per heavy atom. The zero-order valence-electron chi connectivity index (χ0n) is 24.2. The van der Waals surface area contributed by atoms with Crippen LogP contribution < -0.4 is 0 Å². The fraction of sp³-hybridized carbons (Fsp3) is 0.545. The van der Waals surface area contributed by atoms with Crippen LogP contribution in [0.4, 0.5) is 0 Å². The lowest BCUT2D eigenvalue weighted by Gasteiger charge is -2.53. The number of fused-ring (bicyclic) bond motifs is 2. The molecule has 3 aliphatic heterocycles. The Kier molecular flexibility index (Phi) is 7.64. The van der Waals surface area contributed by atoms with Crippen molar-refractivity contribution in [2.75, 3.05) is 33.4 Å². The van der Waals surface area contributed by atoms with Crippen molar-refractivity contribution in [3.8, 4) is 0 Å². The number of carbonyl (C=O) groups excluding carboxylic acids is 3. The number of hydrogen-bond donors (Lipinski definition) is 0. The van der Waals surface area contributed by atoms with Gasteiger partial charge in [-0.25, -0.2) is 0 Å². The SMILES string of the molecule is COC(=O)[C@@]12C[C@H](CC(=O)N3CCOCC3)C(=O)N(Cc3cccc4ccccc34)C1=C[C@@H](C(C)C)O[C@H]2C1CC1. The van der Waals surface area contributed by atoms with E-state index in [0.717, 1.165) is 29.2 Å². The zero-order chi connectivity index (χ0) is 28.7. The summed E-state index contributed by atoms with van der Waals surface area (Å²) in [5.41, 5.74) is 0.515. The molecule has 218 valence electrons. The third kappa shape index (κ3) is 5.06. The first kappa shape index (κ1) is 27.9. The lowest BCUT2D eigenvalue weighted by molar-refractivity contribution is -0.182. The Morgan fingerprint density at radius 3 is 2.51 bits per heavy atom. The molecule has 0 unspecified atom stereocenters. The summed E-state index contributed by atoms with van der Waals surface area (Å²) in [5.74, 6) is -0.885. The van der Waals surface area contributed by atoms with Crippen molar-refractivity contribution >= 4 is 28.6 Å². The molecule has 0 N–H and O–H groups in total. The van der Waals surface area contributed by atoms with Crippen molar-refractivity contribution in [1.29, 1.82) is 0 Å². The number of hydrogen-bond acceptors (Lipinski definition) is 6. The summed E-state index contributed by atoms with van der Waals surface area (Å²) >= 11 is 0. The molecule has 3 fully saturated rings. The van der Waals surface area contributed by atoms with Gasteiger partial charge in [0.15, 0.2) is 0 Å². The van der Waals surface area contributed by atoms with Crippen molar-refractivity contribution in [2.24, 2.45) is 23.2 Å². The van der Waals surface area contributed by atoms with Gasteiger partial charge in [-0.1, -0.05) is 56.3 Å². The first-order chi connectivity index (χ1) is 19.8. The molecule has 8 heteroatoms. The first-order valence-electron chi connectivity index (χ1n) is 14.9. The minimum atomic E-state index is -1.16. The van der Waals surface area contributed by atoms with Crippen LogP contribution in [0, 0.1) is 23.2 Å². The molecule has 0 aromatic heterocycles. The number of benzene rings is 2. The van der Waals surface area contributed by atoms with Gasteiger partial charge in [0.05, 0.1) is 39.1 Å². The number of piperidine rings is 1. The molecule has 6 rings (SSSR count). The fourth-order valence-electron chi connectivity index (χ4n) is 6.97. The molecule has 1 aliphatic carbocycles. The Hall–Kier alpha value is -3.23. The Morgan fingerprint density at radius 1 is 1.07 bits per heavy atom. The van der Waals surface area contributed by atoms with Gasteiger partial charge in [0, 0.05) is 31.1 Å². The predicted molar refractivity (Wildman–Crippen MR) is 153 cm³/mol. The van der Waals surface area contributed by atoms with E-state index in [0.29, 0.717) is 38.5 Å². The lowest BCUT2D eigenvalue weighted by Crippen LogP contribution is -2.61. The first-order valence-corrected chi connectivity index (χ1v) is 14.9. The van der Waals surface area contributed by atoms with Gasteiger partial charge in [-0.15, -0.1) is 0 Å². The Bertz CT molecular complexity index is 1360. The number of methoxy groups -OCH3 is 1. The van der Waals surface area contributed by atoms with Crippen molar-refractivity contribution in [2.45, 2.75) is 58.3 Å². The minimum Gasteiger partial charge on any atom is -0.468 e. The molecular weight excluding hydrogens is 520 g/mol. The summed E-state index contributed by atoms with van der Waals surface area (Å²) < 4.78 is 17.7. The van der Waals surface area contributed by atoms with Gasteiger partial charge in [0.1, 0.15) is 5.41 Å². The topological polar surface area (TPSA) is 85.4 Å². The molecule has 8 nitrogen and oxygen atoms in total. The lowest BCUT2D eigenvalue weighted by atomic mass is 9.64. The highest BCUT2D eigenvalue weighted by molar-refractivity contribution is 5.93. The van der Waals surface area contributed by atoms with Crippen LogP contribution in [0.2, 0.25) is 0 Å². The second kappa shape index (κ2) is 11.2. The van der Waals surface area contributed by atoms with Crippen molar-refractivity contribution in [1.82, 2.24) is 9.80 Å². The van der Waals surface area contributed by atoms with E-state index in [4.69, 9.17) is 14.2 Å². The molecule has 4 atom stereocenters. The van der Waals surface area contributed by atoms with Crippen molar-refractivity contribution in [3.05, 3.63) is 59.8 Å². The maximum absolute atomic E-state index is 14.5. The number of esters is 1. The summed E-state index contributed by atoms with van der Waals surface area (Å²) in [6.45, 7) is 6.50. The maximum atomic E-state index is 14.5. The van der Waals surface area contributed by atoms with E-state index >= 15 is 0 Å². The van der Waals surface area contributed by atoms with E-state index in [-0.39, 0.29) is 48.6 Å². The molecular formula is C33H40N2O6. The summed E-state index contributed by atoms with van der Waals surface area (Å²) in [7, 11) is 1.41. The van der Waals surface area contributed by atoms with Crippen LogP contribution in [0.1, 0.15) is 45.1 Å². The maximum Gasteiger partial charge on any atom is 0.320 e. The molecule has 0 bridgehead atoms. The van der Waals surface area contributed by atoms with Crippen molar-refractivity contribution in [3.63, 3.8) is 0 Å². The normalized spacial score (nSPS) is 28.4. The van der Waals surface area contributed by atoms with Gasteiger partial charge in [-0.2, -0.15) is 0 Å². The number of ether oxygens (including phenoxy) is 3. The van der Waals surface area contributed by atoms with Crippen LogP contribution in [-0.4, -0.2) is 73.2 Å². The second-order valence-corrected chi connectivity index (χ2v) is 12.3. The number of carbonyl (C=O) groups is 3. The summed E-state index contributed by atoms with van der Waals surface area (Å²) in [5, 5.41) is 2.15. The monoisotopic (exact) mass is 560 g/mol. The smallest absolute Gasteiger partial charge is 0.320 e. The molecule has 2 saturated heterocycles. The fourth-order valence-corrected chi connectivity index (χ4v) is 6.97. The Labute approximate surface area is 241 Å². The molecule has 2 aromatic rings. The van der Waals surface area contributed by atoms with Crippen LogP contribution in [0.25, 0.3) is 10.8 Å². The quantitative estimate of drug-likeness (QED) is 0.469. The summed E-state index contributed by atoms with van der Waals surface area (Å²) in [6.07, 6.45) is 3.53. The highest BCUT2D eigenvalue weighted by atomic mass is 16.5. The van der Waals surface area contributed by atoms with Crippen molar-refractivity contribution < 1.29 is 28.6 Å². The molecule has 41 heavy (non-hydrogen) atoms. The summed E-state index contributed by atoms with van der Waals surface area (Å²) in [4.78, 5) is 45.5. The number of nitrogens with zero attached hydrogens (tertiary/aromatic N) is 2. The van der Waals surface area contributed by atoms with Crippen LogP contribution in [0.3, 0.4) is 0 Å². The third-order valence-corrected chi connectivity index (χ3v) is 9.29. The van der Waals surface area contributed by atoms with Crippen LogP contribution in [-0.2, 0) is 35.1 Å². The van der Waals surface area contributed by atoms with Crippen LogP contribution in [0.15, 0.2) is 54.2 Å². The summed E-state index contributed by atoms with van der Waals surface area (Å²) in [6, 6.07) is 14.2. The van der Waals surface area contributed by atoms with Gasteiger partial charge in [-0.3, -0.25) is 14.4 Å². The average Bonchev–Trinajstić information content (AvgIpc) is 3.84. The number of amides is 2. The third-order valence-electron chi connectivity index (χ3n) is 9.29. The standard InChI is InChI=1S/C33H40N2O6/c1-21(2)27-18-28-33(32(38)39-3,30(41-27)23-11-12-23)19-25(17-29(36)34-13-15-40-16-14-34)31(37)35(28)20-24-9-6-8-22-7-4-5-10-26(22)24/h4-10,18,21,23,25,27,30H,11-17,19-20H2,1-3H3/t25-,27-,30-,33-/m0/s1. The van der Waals surface area contributed by atoms with E-state index < -0.39 is 17.4 Å². The highest BCUT2D eigenvalue weighted by Crippen LogP contribution is 2.57. The number of likely N-dealkylation sites (tertiary alicyclic amines) is 1. The van der Waals surface area contributed by atoms with E-state index in [2.05, 4.69) is 32.0 Å². The zero-order valence-corrected chi connectivity index (χ0v) is 24.2. The minimum absolute atomic E-state index is 0.0435. The van der Waals surface area contributed by atoms with Gasteiger partial charge in [0.2, 0.25) is 11.8 Å². The van der Waals surface area contributed by atoms with E-state index in [1.54, 1.807) is 9.80 Å². The number of rotatable bonds is 7. The van der Waals surface area contributed by atoms with Crippen LogP contribution >= 0.6 is 0 Å². The molecule has 4 aliphatic rings. The molecule has 1 saturated carbocycles. The van der Waals surface area contributed by atoms with E-state index in [9.17, 15) is 14.4 Å².